The van der Waals surface area contributed by atoms with Crippen molar-refractivity contribution in [1.82, 2.24) is 0 Å². The van der Waals surface area contributed by atoms with Gasteiger partial charge in [-0.15, -0.1) is 0 Å². The van der Waals surface area contributed by atoms with Crippen molar-refractivity contribution in [3.63, 3.8) is 0 Å². The predicted molar refractivity (Wildman–Crippen MR) is 80.4 cm³/mol. The fourth-order valence-electron chi connectivity index (χ4n) is 1.80. The smallest absolute Gasteiger partial charge is 0.170 e. The first kappa shape index (κ1) is 14.3. The first-order valence-corrected chi connectivity index (χ1v) is 6.66. The summed E-state index contributed by atoms with van der Waals surface area (Å²) < 4.78 is 14.4. The minimum absolute atomic E-state index is 0.0266. The molecule has 0 amide bonds. The van der Waals surface area contributed by atoms with Gasteiger partial charge in [0, 0.05) is 16.6 Å². The van der Waals surface area contributed by atoms with Crippen molar-refractivity contribution >= 4 is 27.5 Å². The molecule has 20 heavy (non-hydrogen) atoms. The van der Waals surface area contributed by atoms with Crippen molar-refractivity contribution in [2.75, 3.05) is 5.32 Å². The van der Waals surface area contributed by atoms with E-state index in [4.69, 9.17) is 10.9 Å². The zero-order valence-corrected chi connectivity index (χ0v) is 12.1. The van der Waals surface area contributed by atoms with E-state index in [1.807, 2.05) is 12.1 Å². The Bertz CT molecular complexity index is 646. The number of nitrogens with two attached hydrogens (primary N) is 1. The number of rotatable bonds is 4. The number of oxime groups is 1. The van der Waals surface area contributed by atoms with Crippen molar-refractivity contribution in [2.24, 2.45) is 10.9 Å². The normalized spacial score (nSPS) is 11.4. The van der Waals surface area contributed by atoms with Gasteiger partial charge < -0.3 is 16.3 Å². The Kier molecular flexibility index (Phi) is 4.57. The Morgan fingerprint density at radius 3 is 2.75 bits per heavy atom. The molecule has 0 saturated carbocycles. The van der Waals surface area contributed by atoms with Gasteiger partial charge in [0.05, 0.1) is 5.69 Å². The van der Waals surface area contributed by atoms with Crippen molar-refractivity contribution < 1.29 is 9.60 Å². The Morgan fingerprint density at radius 2 is 2.05 bits per heavy atom. The lowest BCUT2D eigenvalue weighted by Gasteiger charge is -2.11. The summed E-state index contributed by atoms with van der Waals surface area (Å²) in [6.07, 6.45) is 0. The Balaban J connectivity index is 2.19. The lowest BCUT2D eigenvalue weighted by atomic mass is 10.1. The number of nitrogens with one attached hydrogen (secondary N) is 1. The maximum atomic E-state index is 13.7. The van der Waals surface area contributed by atoms with Crippen LogP contribution in [0.15, 0.2) is 52.1 Å². The van der Waals surface area contributed by atoms with Crippen LogP contribution in [0.4, 0.5) is 10.1 Å². The van der Waals surface area contributed by atoms with Crippen molar-refractivity contribution in [2.45, 2.75) is 6.54 Å². The van der Waals surface area contributed by atoms with Gasteiger partial charge in [-0.2, -0.15) is 0 Å². The Labute approximate surface area is 124 Å². The van der Waals surface area contributed by atoms with Crippen LogP contribution < -0.4 is 11.1 Å². The first-order chi connectivity index (χ1) is 9.61. The minimum atomic E-state index is -0.347. The molecule has 0 aromatic heterocycles. The number of halogens is 2. The summed E-state index contributed by atoms with van der Waals surface area (Å²) in [6, 6.07) is 12.0. The molecular formula is C14H13BrFN3O. The highest BCUT2D eigenvalue weighted by molar-refractivity contribution is 9.10. The molecule has 0 aliphatic heterocycles. The number of amidine groups is 1. The van der Waals surface area contributed by atoms with Crippen LogP contribution >= 0.6 is 15.9 Å². The van der Waals surface area contributed by atoms with E-state index in [0.29, 0.717) is 22.3 Å². The summed E-state index contributed by atoms with van der Waals surface area (Å²) in [5.41, 5.74) is 7.42. The fraction of sp³-hybridized carbons (Fsp3) is 0.0714. The lowest BCUT2D eigenvalue weighted by molar-refractivity contribution is 0.318. The number of hydrogen-bond acceptors (Lipinski definition) is 3. The van der Waals surface area contributed by atoms with Gasteiger partial charge in [-0.05, 0) is 23.8 Å². The second kappa shape index (κ2) is 6.38. The molecule has 0 unspecified atom stereocenters. The molecule has 0 aliphatic carbocycles. The highest BCUT2D eigenvalue weighted by Gasteiger charge is 2.07. The van der Waals surface area contributed by atoms with Crippen molar-refractivity contribution in [3.8, 4) is 0 Å². The number of benzene rings is 2. The average molecular weight is 338 g/mol. The van der Waals surface area contributed by atoms with Gasteiger partial charge in [0.1, 0.15) is 5.82 Å². The van der Waals surface area contributed by atoms with Crippen LogP contribution in [0.1, 0.15) is 11.1 Å². The van der Waals surface area contributed by atoms with Gasteiger partial charge in [-0.1, -0.05) is 45.4 Å². The standard InChI is InChI=1S/C14H13BrFN3O/c15-10-5-6-13(12(16)7-10)18-8-9-3-1-2-4-11(9)14(17)19-20/h1-7,18,20H,8H2,(H2,17,19). The molecule has 4 nitrogen and oxygen atoms in total. The van der Waals surface area contributed by atoms with E-state index in [0.717, 1.165) is 5.56 Å². The summed E-state index contributed by atoms with van der Waals surface area (Å²) in [5.74, 6) is -0.320. The summed E-state index contributed by atoms with van der Waals surface area (Å²) in [6.45, 7) is 0.366. The molecule has 2 aromatic carbocycles. The van der Waals surface area contributed by atoms with E-state index in [9.17, 15) is 4.39 Å². The van der Waals surface area contributed by atoms with E-state index in [1.165, 1.54) is 6.07 Å². The summed E-state index contributed by atoms with van der Waals surface area (Å²) in [4.78, 5) is 0. The van der Waals surface area contributed by atoms with Gasteiger partial charge >= 0.3 is 0 Å². The van der Waals surface area contributed by atoms with Gasteiger partial charge in [0.25, 0.3) is 0 Å². The molecule has 104 valence electrons. The molecule has 0 aliphatic rings. The number of hydrogen-bond donors (Lipinski definition) is 3. The summed E-state index contributed by atoms with van der Waals surface area (Å²) in [7, 11) is 0. The molecule has 0 spiro atoms. The molecular weight excluding hydrogens is 325 g/mol. The molecule has 0 radical (unpaired) electrons. The maximum Gasteiger partial charge on any atom is 0.170 e. The monoisotopic (exact) mass is 337 g/mol. The maximum absolute atomic E-state index is 13.7. The Morgan fingerprint density at radius 1 is 1.30 bits per heavy atom. The third kappa shape index (κ3) is 3.27. The molecule has 2 rings (SSSR count). The lowest BCUT2D eigenvalue weighted by Crippen LogP contribution is -2.16. The third-order valence-corrected chi connectivity index (χ3v) is 3.29. The number of nitrogens with zero attached hydrogens (tertiary/aromatic N) is 1. The highest BCUT2D eigenvalue weighted by atomic mass is 79.9. The van der Waals surface area contributed by atoms with Crippen LogP contribution in [0.5, 0.6) is 0 Å². The zero-order valence-electron chi connectivity index (χ0n) is 10.5. The van der Waals surface area contributed by atoms with Gasteiger partial charge in [0.15, 0.2) is 5.84 Å². The second-order valence-corrected chi connectivity index (χ2v) is 5.04. The zero-order chi connectivity index (χ0) is 14.5. The molecule has 0 saturated heterocycles. The largest absolute Gasteiger partial charge is 0.409 e. The topological polar surface area (TPSA) is 70.6 Å². The predicted octanol–water partition coefficient (Wildman–Crippen LogP) is 3.29. The molecule has 0 fully saturated rings. The van der Waals surface area contributed by atoms with Crippen LogP contribution in [0.2, 0.25) is 0 Å². The quantitative estimate of drug-likeness (QED) is 0.347. The minimum Gasteiger partial charge on any atom is -0.409 e. The SMILES string of the molecule is NC(=NO)c1ccccc1CNc1ccc(Br)cc1F. The molecule has 4 N–H and O–H groups in total. The van der Waals surface area contributed by atoms with E-state index in [1.54, 1.807) is 24.3 Å². The van der Waals surface area contributed by atoms with E-state index in [2.05, 4.69) is 26.4 Å². The molecule has 0 heterocycles. The van der Waals surface area contributed by atoms with Gasteiger partial charge in [0.2, 0.25) is 0 Å². The highest BCUT2D eigenvalue weighted by Crippen LogP contribution is 2.20. The molecule has 0 atom stereocenters. The summed E-state index contributed by atoms with van der Waals surface area (Å²) >= 11 is 3.20. The third-order valence-electron chi connectivity index (χ3n) is 2.80. The summed E-state index contributed by atoms with van der Waals surface area (Å²) in [5, 5.41) is 14.7. The van der Waals surface area contributed by atoms with Crippen LogP contribution in [-0.4, -0.2) is 11.0 Å². The Hall–Kier alpha value is -2.08. The van der Waals surface area contributed by atoms with Crippen LogP contribution in [0, 0.1) is 5.82 Å². The van der Waals surface area contributed by atoms with E-state index in [-0.39, 0.29) is 11.7 Å². The first-order valence-electron chi connectivity index (χ1n) is 5.86. The average Bonchev–Trinajstić information content (AvgIpc) is 2.46. The van der Waals surface area contributed by atoms with Crippen LogP contribution in [-0.2, 0) is 6.54 Å². The molecule has 0 bridgehead atoms. The fourth-order valence-corrected chi connectivity index (χ4v) is 2.13. The van der Waals surface area contributed by atoms with E-state index < -0.39 is 0 Å². The molecule has 2 aromatic rings. The van der Waals surface area contributed by atoms with Gasteiger partial charge in [-0.25, -0.2) is 4.39 Å². The van der Waals surface area contributed by atoms with Crippen molar-refractivity contribution in [1.29, 1.82) is 0 Å². The van der Waals surface area contributed by atoms with Gasteiger partial charge in [-0.3, -0.25) is 0 Å². The van der Waals surface area contributed by atoms with Crippen LogP contribution in [0.3, 0.4) is 0 Å². The van der Waals surface area contributed by atoms with Crippen LogP contribution in [0.25, 0.3) is 0 Å². The van der Waals surface area contributed by atoms with E-state index >= 15 is 0 Å². The molecule has 6 heteroatoms. The van der Waals surface area contributed by atoms with Crippen molar-refractivity contribution in [3.05, 3.63) is 63.9 Å². The second-order valence-electron chi connectivity index (χ2n) is 4.12. The number of anilines is 1.